The second kappa shape index (κ2) is 2.82. The monoisotopic (exact) mass is 194 g/mol. The molecule has 3 heteroatoms. The van der Waals surface area contributed by atoms with Crippen LogP contribution < -0.4 is 4.98 Å². The predicted octanol–water partition coefficient (Wildman–Crippen LogP) is 2.01. The highest BCUT2D eigenvalue weighted by Crippen LogP contribution is 2.22. The maximum absolute atomic E-state index is 8.79. The Kier molecular flexibility index (Phi) is 1.51. The van der Waals surface area contributed by atoms with Crippen molar-refractivity contribution in [3.63, 3.8) is 0 Å². The highest BCUT2D eigenvalue weighted by Gasteiger charge is 2.05. The molecular weight excluding hydrogens is 186 g/mol. The largest absolute Gasteiger partial charge is 0.359 e. The van der Waals surface area contributed by atoms with Crippen LogP contribution in [0.4, 0.5) is 0 Å². The molecule has 70 valence electrons. The first kappa shape index (κ1) is 8.01. The van der Waals surface area contributed by atoms with Crippen molar-refractivity contribution in [3.05, 3.63) is 42.4 Å². The van der Waals surface area contributed by atoms with Gasteiger partial charge in [0.25, 0.3) is 0 Å². The van der Waals surface area contributed by atoms with Crippen molar-refractivity contribution < 1.29 is 4.98 Å². The van der Waals surface area contributed by atoms with Gasteiger partial charge in [-0.3, -0.25) is 0 Å². The quantitative estimate of drug-likeness (QED) is 0.584. The summed E-state index contributed by atoms with van der Waals surface area (Å²) in [6, 6.07) is 8.07. The third-order valence-corrected chi connectivity index (χ3v) is 2.59. The van der Waals surface area contributed by atoms with Gasteiger partial charge in [0.05, 0.1) is 21.9 Å². The number of hydrogen-bond acceptors (Lipinski definition) is 1. The van der Waals surface area contributed by atoms with Gasteiger partial charge in [-0.1, -0.05) is 6.07 Å². The molecule has 0 amide bonds. The molecule has 0 saturated carbocycles. The van der Waals surface area contributed by atoms with Crippen molar-refractivity contribution in [3.8, 4) is 6.07 Å². The summed E-state index contributed by atoms with van der Waals surface area (Å²) in [4.78, 5) is 6.23. The van der Waals surface area contributed by atoms with E-state index in [1.54, 1.807) is 6.20 Å². The van der Waals surface area contributed by atoms with Crippen LogP contribution >= 0.6 is 0 Å². The lowest BCUT2D eigenvalue weighted by molar-refractivity contribution is -0.371. The Morgan fingerprint density at radius 1 is 1.20 bits per heavy atom. The highest BCUT2D eigenvalue weighted by molar-refractivity contribution is 6.04. The summed E-state index contributed by atoms with van der Waals surface area (Å²) < 4.78 is 0. The number of nitrogens with one attached hydrogen (secondary N) is 2. The van der Waals surface area contributed by atoms with E-state index in [0.717, 1.165) is 16.3 Å². The number of aromatic nitrogens is 2. The SMILES string of the molecule is N#Cc1c[nH]c2c(ccc3c[nH+]cc32)c1. The molecule has 0 aliphatic heterocycles. The minimum Gasteiger partial charge on any atom is -0.359 e. The van der Waals surface area contributed by atoms with E-state index in [1.807, 2.05) is 30.6 Å². The van der Waals surface area contributed by atoms with Gasteiger partial charge in [0, 0.05) is 11.6 Å². The average molecular weight is 194 g/mol. The van der Waals surface area contributed by atoms with Gasteiger partial charge in [-0.25, -0.2) is 4.98 Å². The Hall–Kier alpha value is -2.34. The molecule has 0 saturated heterocycles. The van der Waals surface area contributed by atoms with Crippen LogP contribution in [0.15, 0.2) is 36.8 Å². The van der Waals surface area contributed by atoms with E-state index in [9.17, 15) is 0 Å². The molecule has 2 heterocycles. The number of rotatable bonds is 0. The molecule has 3 rings (SSSR count). The number of H-pyrrole nitrogens is 2. The van der Waals surface area contributed by atoms with Crippen molar-refractivity contribution in [1.29, 1.82) is 5.26 Å². The van der Waals surface area contributed by atoms with Gasteiger partial charge in [-0.05, 0) is 12.1 Å². The van der Waals surface area contributed by atoms with Crippen LogP contribution in [0.3, 0.4) is 0 Å². The number of aromatic amines is 2. The Bertz CT molecular complexity index is 689. The summed E-state index contributed by atoms with van der Waals surface area (Å²) in [5.41, 5.74) is 1.71. The molecule has 0 bridgehead atoms. The van der Waals surface area contributed by atoms with Crippen molar-refractivity contribution in [2.24, 2.45) is 0 Å². The van der Waals surface area contributed by atoms with Gasteiger partial charge in [0.15, 0.2) is 12.4 Å². The van der Waals surface area contributed by atoms with Crippen molar-refractivity contribution in [2.75, 3.05) is 0 Å². The third-order valence-electron chi connectivity index (χ3n) is 2.59. The molecule has 0 radical (unpaired) electrons. The van der Waals surface area contributed by atoms with Crippen molar-refractivity contribution >= 4 is 21.7 Å². The number of nitriles is 1. The molecule has 3 aromatic rings. The summed E-state index contributed by atoms with van der Waals surface area (Å²) in [7, 11) is 0. The summed E-state index contributed by atoms with van der Waals surface area (Å²) in [6.45, 7) is 0. The molecule has 0 aliphatic carbocycles. The van der Waals surface area contributed by atoms with Gasteiger partial charge in [-0.15, -0.1) is 0 Å². The Morgan fingerprint density at radius 2 is 2.07 bits per heavy atom. The van der Waals surface area contributed by atoms with E-state index in [4.69, 9.17) is 5.26 Å². The van der Waals surface area contributed by atoms with Crippen molar-refractivity contribution in [1.82, 2.24) is 4.98 Å². The summed E-state index contributed by atoms with van der Waals surface area (Å²) in [6.07, 6.45) is 5.65. The number of hydrogen-bond donors (Lipinski definition) is 1. The van der Waals surface area contributed by atoms with Crippen LogP contribution in [0.25, 0.3) is 21.7 Å². The first-order valence-electron chi connectivity index (χ1n) is 4.69. The van der Waals surface area contributed by atoms with E-state index >= 15 is 0 Å². The normalized spacial score (nSPS) is 10.6. The molecule has 1 aromatic carbocycles. The molecule has 0 fully saturated rings. The zero-order valence-corrected chi connectivity index (χ0v) is 7.91. The zero-order valence-electron chi connectivity index (χ0n) is 7.91. The fourth-order valence-corrected chi connectivity index (χ4v) is 1.85. The molecule has 3 nitrogen and oxygen atoms in total. The molecule has 2 N–H and O–H groups in total. The van der Waals surface area contributed by atoms with Crippen LogP contribution in [0.2, 0.25) is 0 Å². The molecular formula is C12H8N3+. The first-order chi connectivity index (χ1) is 7.38. The zero-order chi connectivity index (χ0) is 10.3. The van der Waals surface area contributed by atoms with Crippen LogP contribution in [-0.4, -0.2) is 4.98 Å². The standard InChI is InChI=1S/C12H7N3/c13-4-8-3-9-1-2-10-6-14-7-11(10)12(9)15-5-8/h1-3,5-7,15H/p+1. The third kappa shape index (κ3) is 1.09. The summed E-state index contributed by atoms with van der Waals surface area (Å²) in [5, 5.41) is 12.2. The summed E-state index contributed by atoms with van der Waals surface area (Å²) in [5.74, 6) is 0. The lowest BCUT2D eigenvalue weighted by Crippen LogP contribution is -1.88. The van der Waals surface area contributed by atoms with Crippen LogP contribution in [-0.2, 0) is 0 Å². The van der Waals surface area contributed by atoms with E-state index < -0.39 is 0 Å². The van der Waals surface area contributed by atoms with E-state index in [1.165, 1.54) is 5.39 Å². The Morgan fingerprint density at radius 3 is 2.93 bits per heavy atom. The lowest BCUT2D eigenvalue weighted by atomic mass is 10.1. The topological polar surface area (TPSA) is 53.7 Å². The molecule has 0 unspecified atom stereocenters. The minimum absolute atomic E-state index is 0.650. The van der Waals surface area contributed by atoms with Crippen LogP contribution in [0.1, 0.15) is 5.56 Å². The van der Waals surface area contributed by atoms with Gasteiger partial charge in [0.1, 0.15) is 6.07 Å². The Labute approximate surface area is 86.0 Å². The number of nitrogens with zero attached hydrogens (tertiary/aromatic N) is 1. The van der Waals surface area contributed by atoms with Gasteiger partial charge < -0.3 is 4.98 Å². The average Bonchev–Trinajstić information content (AvgIpc) is 2.76. The number of benzene rings is 1. The number of fused-ring (bicyclic) bond motifs is 3. The maximum Gasteiger partial charge on any atom is 0.177 e. The Balaban J connectivity index is 2.50. The van der Waals surface area contributed by atoms with E-state index in [2.05, 4.69) is 16.0 Å². The van der Waals surface area contributed by atoms with E-state index in [0.29, 0.717) is 5.56 Å². The fourth-order valence-electron chi connectivity index (χ4n) is 1.85. The second-order valence-corrected chi connectivity index (χ2v) is 3.49. The van der Waals surface area contributed by atoms with Gasteiger partial charge in [-0.2, -0.15) is 5.26 Å². The lowest BCUT2D eigenvalue weighted by Gasteiger charge is -1.98. The van der Waals surface area contributed by atoms with Crippen LogP contribution in [0, 0.1) is 11.3 Å². The smallest absolute Gasteiger partial charge is 0.177 e. The van der Waals surface area contributed by atoms with E-state index in [-0.39, 0.29) is 0 Å². The van der Waals surface area contributed by atoms with Gasteiger partial charge in [0.2, 0.25) is 0 Å². The fraction of sp³-hybridized carbons (Fsp3) is 0. The second-order valence-electron chi connectivity index (χ2n) is 3.49. The molecule has 15 heavy (non-hydrogen) atoms. The van der Waals surface area contributed by atoms with Crippen molar-refractivity contribution in [2.45, 2.75) is 0 Å². The summed E-state index contributed by atoms with van der Waals surface area (Å²) >= 11 is 0. The molecule has 2 aromatic heterocycles. The minimum atomic E-state index is 0.650. The molecule has 0 spiro atoms. The molecule has 0 aliphatic rings. The predicted molar refractivity (Wildman–Crippen MR) is 57.1 cm³/mol. The molecule has 0 atom stereocenters. The van der Waals surface area contributed by atoms with Gasteiger partial charge >= 0.3 is 0 Å². The maximum atomic E-state index is 8.79. The van der Waals surface area contributed by atoms with Crippen LogP contribution in [0.5, 0.6) is 0 Å². The first-order valence-corrected chi connectivity index (χ1v) is 4.69. The highest BCUT2D eigenvalue weighted by atomic mass is 14.7. The number of pyridine rings is 1.